The van der Waals surface area contributed by atoms with Gasteiger partial charge in [0.1, 0.15) is 11.6 Å². The summed E-state index contributed by atoms with van der Waals surface area (Å²) in [5.74, 6) is -1.57. The largest absolute Gasteiger partial charge is 0.411 e. The van der Waals surface area contributed by atoms with Crippen molar-refractivity contribution in [2.24, 2.45) is 5.16 Å². The molecule has 1 N–H and O–H groups in total. The minimum Gasteiger partial charge on any atom is -0.411 e. The lowest BCUT2D eigenvalue weighted by molar-refractivity contribution is 0.313. The summed E-state index contributed by atoms with van der Waals surface area (Å²) >= 11 is 6.96. The summed E-state index contributed by atoms with van der Waals surface area (Å²) < 4.78 is 29.2. The highest BCUT2D eigenvalue weighted by Crippen LogP contribution is 2.33. The quantitative estimate of drug-likeness (QED) is 0.130. The molecule has 2 aromatic carbocycles. The van der Waals surface area contributed by atoms with E-state index in [9.17, 15) is 14.0 Å². The maximum atomic E-state index is 13.8. The van der Waals surface area contributed by atoms with E-state index in [1.807, 2.05) is 24.3 Å². The molecule has 4 nitrogen and oxygen atoms in total. The molecular weight excluding hydrogens is 580 g/mol. The third-order valence-corrected chi connectivity index (χ3v) is 6.74. The van der Waals surface area contributed by atoms with Gasteiger partial charge in [0, 0.05) is 57.4 Å². The maximum absolute atomic E-state index is 13.8. The number of oxime groups is 1. The van der Waals surface area contributed by atoms with Gasteiger partial charge in [-0.1, -0.05) is 61.3 Å². The van der Waals surface area contributed by atoms with Gasteiger partial charge in [0.25, 0.3) is 0 Å². The summed E-state index contributed by atoms with van der Waals surface area (Å²) in [4.78, 5) is 8.94. The van der Waals surface area contributed by atoms with E-state index in [0.717, 1.165) is 31.5 Å². The highest BCUT2D eigenvalue weighted by molar-refractivity contribution is 9.10. The molecule has 4 rings (SSSR count). The lowest BCUT2D eigenvalue weighted by Crippen LogP contribution is -2.25. The lowest BCUT2D eigenvalue weighted by Gasteiger charge is -2.26. The Bertz CT molecular complexity index is 1220. The summed E-state index contributed by atoms with van der Waals surface area (Å²) in [5.41, 5.74) is 3.54. The van der Waals surface area contributed by atoms with Crippen molar-refractivity contribution in [1.82, 2.24) is 9.97 Å². The first kappa shape index (κ1) is 25.1. The monoisotopic (exact) mass is 599 g/mol. The van der Waals surface area contributed by atoms with Crippen LogP contribution in [-0.2, 0) is 12.8 Å². The Balaban J connectivity index is 1.81. The van der Waals surface area contributed by atoms with Gasteiger partial charge in [-0.15, -0.1) is 0 Å². The molecule has 0 aliphatic carbocycles. The minimum atomic E-state index is -0.426. The van der Waals surface area contributed by atoms with Crippen molar-refractivity contribution in [3.63, 3.8) is 0 Å². The summed E-state index contributed by atoms with van der Waals surface area (Å²) in [6.45, 7) is 0. The first-order valence-electron chi connectivity index (χ1n) is 10.9. The normalized spacial score (nSPS) is 12.7. The fourth-order valence-electron chi connectivity index (χ4n) is 4.10. The first-order valence-corrected chi connectivity index (χ1v) is 12.4. The van der Waals surface area contributed by atoms with Crippen molar-refractivity contribution in [1.29, 1.82) is 0 Å². The summed E-state index contributed by atoms with van der Waals surface area (Å²) in [5, 5.41) is 14.1. The van der Waals surface area contributed by atoms with Crippen LogP contribution < -0.4 is 0 Å². The minimum absolute atomic E-state index is 0.357. The van der Waals surface area contributed by atoms with Gasteiger partial charge in [0.15, 0.2) is 0 Å². The van der Waals surface area contributed by atoms with E-state index in [0.29, 0.717) is 18.6 Å². The van der Waals surface area contributed by atoms with Crippen LogP contribution in [0.3, 0.4) is 0 Å². The van der Waals surface area contributed by atoms with Gasteiger partial charge in [-0.25, -0.2) is 8.78 Å². The van der Waals surface area contributed by atoms with Crippen molar-refractivity contribution < 1.29 is 14.0 Å². The Morgan fingerprint density at radius 2 is 1.11 bits per heavy atom. The zero-order valence-electron chi connectivity index (χ0n) is 18.5. The van der Waals surface area contributed by atoms with Crippen LogP contribution in [-0.4, -0.2) is 20.9 Å². The number of hydrogen-bond acceptors (Lipinski definition) is 4. The molecule has 0 spiro atoms. The SMILES string of the molecule is ON=C(C(Cc1cc(Br)ccn1)c1ccc(F)cc1)C(Cc1cc(Br)ccn1)c1ccc(F)cc1. The maximum Gasteiger partial charge on any atom is 0.123 e. The molecule has 2 atom stereocenters. The standard InChI is InChI=1S/C27H21Br2F2N3O/c28-19-9-11-32-23(13-19)15-25(17-1-5-21(30)6-2-17)27(34-35)26(18-3-7-22(31)8-4-18)16-24-14-20(29)10-12-33-24/h1-14,25-26,35H,15-16H2. The van der Waals surface area contributed by atoms with Gasteiger partial charge < -0.3 is 5.21 Å². The van der Waals surface area contributed by atoms with Crippen LogP contribution in [0.25, 0.3) is 0 Å². The molecule has 35 heavy (non-hydrogen) atoms. The van der Waals surface area contributed by atoms with E-state index >= 15 is 0 Å². The van der Waals surface area contributed by atoms with Gasteiger partial charge in [-0.05, 0) is 59.7 Å². The number of hydrogen-bond donors (Lipinski definition) is 1. The van der Waals surface area contributed by atoms with Crippen molar-refractivity contribution in [3.05, 3.63) is 128 Å². The first-order chi connectivity index (χ1) is 16.9. The fraction of sp³-hybridized carbons (Fsp3) is 0.148. The second-order valence-electron chi connectivity index (χ2n) is 8.07. The average Bonchev–Trinajstić information content (AvgIpc) is 2.84. The number of halogens is 4. The van der Waals surface area contributed by atoms with Crippen LogP contribution >= 0.6 is 31.9 Å². The number of rotatable bonds is 8. The Hall–Kier alpha value is -2.97. The summed E-state index contributed by atoms with van der Waals surface area (Å²) in [7, 11) is 0. The van der Waals surface area contributed by atoms with E-state index in [2.05, 4.69) is 47.0 Å². The predicted molar refractivity (Wildman–Crippen MR) is 139 cm³/mol. The van der Waals surface area contributed by atoms with E-state index in [4.69, 9.17) is 0 Å². The van der Waals surface area contributed by atoms with Crippen LogP contribution in [0, 0.1) is 11.6 Å². The Labute approximate surface area is 219 Å². The van der Waals surface area contributed by atoms with Crippen LogP contribution in [0.1, 0.15) is 34.4 Å². The molecule has 0 saturated heterocycles. The predicted octanol–water partition coefficient (Wildman–Crippen LogP) is 7.46. The fourth-order valence-corrected chi connectivity index (χ4v) is 4.86. The van der Waals surface area contributed by atoms with Gasteiger partial charge in [0.05, 0.1) is 5.71 Å². The smallest absolute Gasteiger partial charge is 0.123 e. The van der Waals surface area contributed by atoms with Crippen molar-refractivity contribution >= 4 is 37.6 Å². The van der Waals surface area contributed by atoms with Crippen LogP contribution in [0.5, 0.6) is 0 Å². The molecular formula is C27H21Br2F2N3O. The van der Waals surface area contributed by atoms with Crippen molar-refractivity contribution in [2.45, 2.75) is 24.7 Å². The zero-order chi connectivity index (χ0) is 24.8. The molecule has 0 aliphatic rings. The second-order valence-corrected chi connectivity index (χ2v) is 9.90. The molecule has 0 fully saturated rings. The third kappa shape index (κ3) is 6.58. The second kappa shape index (κ2) is 11.6. The van der Waals surface area contributed by atoms with E-state index in [1.165, 1.54) is 24.3 Å². The van der Waals surface area contributed by atoms with Gasteiger partial charge in [-0.3, -0.25) is 9.97 Å². The van der Waals surface area contributed by atoms with Crippen LogP contribution in [0.2, 0.25) is 0 Å². The molecule has 0 radical (unpaired) electrons. The number of pyridine rings is 2. The van der Waals surface area contributed by atoms with Crippen molar-refractivity contribution in [2.75, 3.05) is 0 Å². The third-order valence-electron chi connectivity index (χ3n) is 5.76. The molecule has 178 valence electrons. The van der Waals surface area contributed by atoms with E-state index in [-0.39, 0.29) is 11.6 Å². The Kier molecular flexibility index (Phi) is 8.36. The molecule has 2 heterocycles. The molecule has 2 aromatic heterocycles. The topological polar surface area (TPSA) is 58.4 Å². The number of aromatic nitrogens is 2. The molecule has 0 amide bonds. The average molecular weight is 601 g/mol. The molecule has 8 heteroatoms. The molecule has 0 aliphatic heterocycles. The molecule has 4 aromatic rings. The van der Waals surface area contributed by atoms with E-state index < -0.39 is 11.8 Å². The summed E-state index contributed by atoms with van der Waals surface area (Å²) in [6, 6.07) is 19.7. The van der Waals surface area contributed by atoms with Crippen LogP contribution in [0.4, 0.5) is 8.78 Å². The molecule has 0 bridgehead atoms. The molecule has 0 saturated carbocycles. The van der Waals surface area contributed by atoms with Crippen LogP contribution in [0.15, 0.2) is 99.3 Å². The lowest BCUT2D eigenvalue weighted by atomic mass is 9.78. The highest BCUT2D eigenvalue weighted by Gasteiger charge is 2.30. The van der Waals surface area contributed by atoms with E-state index in [1.54, 1.807) is 36.7 Å². The Morgan fingerprint density at radius 1 is 0.714 bits per heavy atom. The highest BCUT2D eigenvalue weighted by atomic mass is 79.9. The van der Waals surface area contributed by atoms with Gasteiger partial charge in [-0.2, -0.15) is 0 Å². The Morgan fingerprint density at radius 3 is 1.46 bits per heavy atom. The summed E-state index contributed by atoms with van der Waals surface area (Å²) in [6.07, 6.45) is 4.21. The zero-order valence-corrected chi connectivity index (χ0v) is 21.6. The number of nitrogens with zero attached hydrogens (tertiary/aromatic N) is 3. The van der Waals surface area contributed by atoms with Crippen molar-refractivity contribution in [3.8, 4) is 0 Å². The molecule has 2 unspecified atom stereocenters. The van der Waals surface area contributed by atoms with Gasteiger partial charge in [0.2, 0.25) is 0 Å². The number of benzene rings is 2. The van der Waals surface area contributed by atoms with Gasteiger partial charge >= 0.3 is 0 Å².